The number of rotatable bonds is 7. The van der Waals surface area contributed by atoms with E-state index in [0.29, 0.717) is 24.0 Å². The minimum atomic E-state index is -0.124. The van der Waals surface area contributed by atoms with E-state index >= 15 is 0 Å². The lowest BCUT2D eigenvalue weighted by Crippen LogP contribution is -2.34. The molecule has 0 N–H and O–H groups in total. The zero-order chi connectivity index (χ0) is 18.5. The van der Waals surface area contributed by atoms with Gasteiger partial charge < -0.3 is 14.2 Å². The van der Waals surface area contributed by atoms with Crippen LogP contribution in [0.5, 0.6) is 5.75 Å². The van der Waals surface area contributed by atoms with Crippen LogP contribution < -0.4 is 4.74 Å². The van der Waals surface area contributed by atoms with Crippen LogP contribution in [0.1, 0.15) is 23.9 Å². The van der Waals surface area contributed by atoms with Crippen LogP contribution in [0.2, 0.25) is 0 Å². The number of nitrogens with zero attached hydrogens (tertiary/aromatic N) is 3. The third-order valence-corrected chi connectivity index (χ3v) is 4.98. The summed E-state index contributed by atoms with van der Waals surface area (Å²) < 4.78 is 10.9. The normalized spacial score (nSPS) is 10.7. The van der Waals surface area contributed by atoms with Gasteiger partial charge >= 0.3 is 0 Å². The smallest absolute Gasteiger partial charge is 0.260 e. The summed E-state index contributed by atoms with van der Waals surface area (Å²) in [6.45, 7) is 6.74. The van der Waals surface area contributed by atoms with Crippen molar-refractivity contribution in [3.05, 3.63) is 52.7 Å². The number of hydrogen-bond donors (Lipinski definition) is 0. The van der Waals surface area contributed by atoms with Gasteiger partial charge in [0.15, 0.2) is 6.61 Å². The van der Waals surface area contributed by atoms with Gasteiger partial charge in [0, 0.05) is 6.54 Å². The summed E-state index contributed by atoms with van der Waals surface area (Å²) in [6, 6.07) is 9.65. The molecule has 1 aromatic carbocycles. The van der Waals surface area contributed by atoms with Crippen molar-refractivity contribution in [3.63, 3.8) is 0 Å². The van der Waals surface area contributed by atoms with E-state index in [-0.39, 0.29) is 19.1 Å². The Kier molecular flexibility index (Phi) is 5.68. The molecular weight excluding hydrogens is 350 g/mol. The number of carbonyl (C=O) groups is 1. The molecule has 0 spiro atoms. The van der Waals surface area contributed by atoms with Crippen LogP contribution in [-0.4, -0.2) is 34.1 Å². The second-order valence-electron chi connectivity index (χ2n) is 5.93. The fourth-order valence-electron chi connectivity index (χ4n) is 2.40. The number of aromatic nitrogens is 2. The number of carbonyl (C=O) groups excluding carboxylic acids is 1. The number of hydrogen-bond acceptors (Lipinski definition) is 6. The summed E-state index contributed by atoms with van der Waals surface area (Å²) in [4.78, 5) is 19.4. The average molecular weight is 371 g/mol. The monoisotopic (exact) mass is 371 g/mol. The molecule has 26 heavy (non-hydrogen) atoms. The fraction of sp³-hybridized carbons (Fsp3) is 0.316. The average Bonchev–Trinajstić information content (AvgIpc) is 3.31. The van der Waals surface area contributed by atoms with Crippen LogP contribution in [0.3, 0.4) is 0 Å². The van der Waals surface area contributed by atoms with Gasteiger partial charge in [-0.15, -0.1) is 11.3 Å². The first-order valence-electron chi connectivity index (χ1n) is 8.41. The lowest BCUT2D eigenvalue weighted by atomic mass is 10.1. The minimum absolute atomic E-state index is 0.0255. The Morgan fingerprint density at radius 2 is 2.12 bits per heavy atom. The quantitative estimate of drug-likeness (QED) is 0.631. The molecule has 3 aromatic rings. The molecule has 1 amide bonds. The van der Waals surface area contributed by atoms with E-state index in [1.54, 1.807) is 16.2 Å². The molecule has 2 heterocycles. The van der Waals surface area contributed by atoms with Crippen LogP contribution in [0.15, 0.2) is 40.2 Å². The highest BCUT2D eigenvalue weighted by molar-refractivity contribution is 7.13. The number of aryl methyl sites for hydroxylation is 2. The molecule has 6 nitrogen and oxygen atoms in total. The summed E-state index contributed by atoms with van der Waals surface area (Å²) in [6.07, 6.45) is 0. The predicted molar refractivity (Wildman–Crippen MR) is 100 cm³/mol. The van der Waals surface area contributed by atoms with Gasteiger partial charge in [-0.05, 0) is 55.5 Å². The first-order chi connectivity index (χ1) is 12.6. The maximum Gasteiger partial charge on any atom is 0.260 e. The third-order valence-electron chi connectivity index (χ3n) is 4.11. The second-order valence-corrected chi connectivity index (χ2v) is 6.88. The van der Waals surface area contributed by atoms with Gasteiger partial charge in [0.25, 0.3) is 5.91 Å². The molecule has 3 rings (SSSR count). The van der Waals surface area contributed by atoms with Crippen molar-refractivity contribution in [2.75, 3.05) is 13.2 Å². The van der Waals surface area contributed by atoms with Crippen LogP contribution in [0.25, 0.3) is 10.7 Å². The Labute approximate surface area is 156 Å². The summed E-state index contributed by atoms with van der Waals surface area (Å²) in [5, 5.41) is 5.93. The molecule has 0 saturated heterocycles. The molecular formula is C19H21N3O3S. The molecule has 136 valence electrons. The van der Waals surface area contributed by atoms with E-state index in [1.807, 2.05) is 56.5 Å². The Balaban J connectivity index is 1.59. The van der Waals surface area contributed by atoms with Crippen molar-refractivity contribution >= 4 is 17.2 Å². The zero-order valence-electron chi connectivity index (χ0n) is 15.1. The Morgan fingerprint density at radius 1 is 1.27 bits per heavy atom. The van der Waals surface area contributed by atoms with Gasteiger partial charge in [0.05, 0.1) is 4.88 Å². The van der Waals surface area contributed by atoms with Crippen LogP contribution in [0.4, 0.5) is 0 Å². The first-order valence-corrected chi connectivity index (χ1v) is 9.29. The maximum atomic E-state index is 12.5. The van der Waals surface area contributed by atoms with Crippen molar-refractivity contribution in [1.29, 1.82) is 0 Å². The van der Waals surface area contributed by atoms with Crippen molar-refractivity contribution in [3.8, 4) is 16.5 Å². The van der Waals surface area contributed by atoms with Crippen molar-refractivity contribution in [2.24, 2.45) is 0 Å². The third kappa shape index (κ3) is 4.29. The predicted octanol–water partition coefficient (Wildman–Crippen LogP) is 3.84. The summed E-state index contributed by atoms with van der Waals surface area (Å²) in [5.41, 5.74) is 2.33. The van der Waals surface area contributed by atoms with Gasteiger partial charge in [-0.1, -0.05) is 17.3 Å². The molecule has 0 bridgehead atoms. The van der Waals surface area contributed by atoms with E-state index in [4.69, 9.17) is 9.26 Å². The lowest BCUT2D eigenvalue weighted by molar-refractivity contribution is -0.134. The molecule has 0 unspecified atom stereocenters. The minimum Gasteiger partial charge on any atom is -0.484 e. The number of amides is 1. The number of thiophene rings is 1. The number of likely N-dealkylation sites (N-methyl/N-ethyl adjacent to an activating group) is 1. The molecule has 0 aliphatic heterocycles. The van der Waals surface area contributed by atoms with Crippen LogP contribution in [0, 0.1) is 13.8 Å². The second kappa shape index (κ2) is 8.14. The molecule has 0 aliphatic rings. The first kappa shape index (κ1) is 18.1. The Morgan fingerprint density at radius 3 is 2.81 bits per heavy atom. The summed E-state index contributed by atoms with van der Waals surface area (Å²) in [5.74, 6) is 1.52. The largest absolute Gasteiger partial charge is 0.484 e. The van der Waals surface area contributed by atoms with Crippen LogP contribution >= 0.6 is 11.3 Å². The van der Waals surface area contributed by atoms with Crippen molar-refractivity contribution < 1.29 is 14.1 Å². The number of ether oxygens (including phenoxy) is 1. The standard InChI is InChI=1S/C19H21N3O3S/c1-4-22(11-17-20-19(21-25-17)16-6-5-9-26-16)18(23)12-24-15-8-7-13(2)14(3)10-15/h5-10H,4,11-12H2,1-3H3. The molecule has 0 radical (unpaired) electrons. The van der Waals surface area contributed by atoms with E-state index < -0.39 is 0 Å². The van der Waals surface area contributed by atoms with Gasteiger partial charge in [0.1, 0.15) is 12.3 Å². The van der Waals surface area contributed by atoms with Gasteiger partial charge in [0.2, 0.25) is 11.7 Å². The Bertz CT molecular complexity index is 874. The summed E-state index contributed by atoms with van der Waals surface area (Å²) in [7, 11) is 0. The van der Waals surface area contributed by atoms with Crippen molar-refractivity contribution in [2.45, 2.75) is 27.3 Å². The maximum absolute atomic E-state index is 12.5. The SMILES string of the molecule is CCN(Cc1nc(-c2cccs2)no1)C(=O)COc1ccc(C)c(C)c1. The van der Waals surface area contributed by atoms with Gasteiger partial charge in [-0.3, -0.25) is 4.79 Å². The fourth-order valence-corrected chi connectivity index (χ4v) is 3.05. The van der Waals surface area contributed by atoms with Gasteiger partial charge in [-0.2, -0.15) is 4.98 Å². The number of benzene rings is 1. The van der Waals surface area contributed by atoms with E-state index in [2.05, 4.69) is 10.1 Å². The molecule has 0 atom stereocenters. The lowest BCUT2D eigenvalue weighted by Gasteiger charge is -2.19. The van der Waals surface area contributed by atoms with E-state index in [1.165, 1.54) is 5.56 Å². The zero-order valence-corrected chi connectivity index (χ0v) is 15.9. The van der Waals surface area contributed by atoms with Crippen LogP contribution in [-0.2, 0) is 11.3 Å². The van der Waals surface area contributed by atoms with E-state index in [9.17, 15) is 4.79 Å². The van der Waals surface area contributed by atoms with E-state index in [0.717, 1.165) is 10.4 Å². The summed E-state index contributed by atoms with van der Waals surface area (Å²) >= 11 is 1.54. The molecule has 0 fully saturated rings. The highest BCUT2D eigenvalue weighted by Crippen LogP contribution is 2.21. The molecule has 7 heteroatoms. The molecule has 0 aliphatic carbocycles. The highest BCUT2D eigenvalue weighted by atomic mass is 32.1. The molecule has 2 aromatic heterocycles. The highest BCUT2D eigenvalue weighted by Gasteiger charge is 2.17. The molecule has 0 saturated carbocycles. The van der Waals surface area contributed by atoms with Crippen molar-refractivity contribution in [1.82, 2.24) is 15.0 Å². The topological polar surface area (TPSA) is 68.5 Å². The van der Waals surface area contributed by atoms with Gasteiger partial charge in [-0.25, -0.2) is 0 Å². The Hall–Kier alpha value is -2.67.